The predicted molar refractivity (Wildman–Crippen MR) is 83.1 cm³/mol. The highest BCUT2D eigenvalue weighted by Gasteiger charge is 2.34. The van der Waals surface area contributed by atoms with Crippen molar-refractivity contribution in [3.63, 3.8) is 0 Å². The minimum atomic E-state index is -0.701. The molecule has 0 aromatic rings. The van der Waals surface area contributed by atoms with Gasteiger partial charge in [-0.25, -0.2) is 9.59 Å². The quantitative estimate of drug-likeness (QED) is 0.521. The van der Waals surface area contributed by atoms with Gasteiger partial charge in [-0.15, -0.1) is 0 Å². The highest BCUT2D eigenvalue weighted by atomic mass is 16.6. The highest BCUT2D eigenvalue weighted by Crippen LogP contribution is 2.20. The maximum atomic E-state index is 12.1. The van der Waals surface area contributed by atoms with Crippen molar-refractivity contribution in [1.82, 2.24) is 5.32 Å². The van der Waals surface area contributed by atoms with Crippen LogP contribution in [-0.2, 0) is 14.3 Å². The molecule has 1 N–H and O–H groups in total. The van der Waals surface area contributed by atoms with E-state index in [1.54, 1.807) is 0 Å². The summed E-state index contributed by atoms with van der Waals surface area (Å²) in [4.78, 5) is 23.8. The molecule has 0 aliphatic carbocycles. The van der Waals surface area contributed by atoms with Crippen molar-refractivity contribution in [2.24, 2.45) is 5.41 Å². The normalized spacial score (nSPS) is 12.6. The molecule has 0 heterocycles. The molecule has 0 fully saturated rings. The van der Waals surface area contributed by atoms with E-state index in [4.69, 9.17) is 9.47 Å². The first-order valence-electron chi connectivity index (χ1n) is 7.92. The summed E-state index contributed by atoms with van der Waals surface area (Å²) in [5.74, 6) is -0.396. The van der Waals surface area contributed by atoms with Gasteiger partial charge >= 0.3 is 12.1 Å². The van der Waals surface area contributed by atoms with Crippen LogP contribution in [-0.4, -0.2) is 31.3 Å². The van der Waals surface area contributed by atoms with Crippen LogP contribution in [0.15, 0.2) is 0 Å². The Bertz CT molecular complexity index is 310. The van der Waals surface area contributed by atoms with Gasteiger partial charge in [-0.1, -0.05) is 53.9 Å². The largest absolute Gasteiger partial charge is 0.464 e. The van der Waals surface area contributed by atoms with Crippen LogP contribution in [0.4, 0.5) is 4.79 Å². The molecule has 5 nitrogen and oxygen atoms in total. The zero-order chi connectivity index (χ0) is 16.3. The van der Waals surface area contributed by atoms with Crippen LogP contribution < -0.4 is 5.32 Å². The fraction of sp³-hybridized carbons (Fsp3) is 0.875. The standard InChI is InChI=1S/C16H31NO4/c1-6-8-9-10-12-20-14(18)13(16(3,4)5)17-15(19)21-11-7-2/h13H,6-12H2,1-5H3,(H,17,19). The Hall–Kier alpha value is -1.26. The number of esters is 1. The second-order valence-electron chi connectivity index (χ2n) is 6.31. The van der Waals surface area contributed by atoms with E-state index in [0.717, 1.165) is 32.1 Å². The minimum absolute atomic E-state index is 0.342. The molecule has 0 saturated heterocycles. The van der Waals surface area contributed by atoms with Gasteiger partial charge in [0.05, 0.1) is 13.2 Å². The molecule has 0 aromatic heterocycles. The molecule has 0 aliphatic rings. The smallest absolute Gasteiger partial charge is 0.407 e. The van der Waals surface area contributed by atoms with Gasteiger partial charge in [0.15, 0.2) is 0 Å². The van der Waals surface area contributed by atoms with Gasteiger partial charge in [0.1, 0.15) is 6.04 Å². The van der Waals surface area contributed by atoms with Crippen molar-refractivity contribution in [2.45, 2.75) is 72.8 Å². The summed E-state index contributed by atoms with van der Waals surface area (Å²) in [5, 5.41) is 2.61. The summed E-state index contributed by atoms with van der Waals surface area (Å²) in [6.07, 6.45) is 4.37. The van der Waals surface area contributed by atoms with Crippen LogP contribution in [0.25, 0.3) is 0 Å². The molecule has 0 saturated carbocycles. The molecular weight excluding hydrogens is 270 g/mol. The Morgan fingerprint density at radius 1 is 0.952 bits per heavy atom. The lowest BCUT2D eigenvalue weighted by atomic mass is 9.87. The van der Waals surface area contributed by atoms with E-state index in [1.165, 1.54) is 0 Å². The first kappa shape index (κ1) is 19.7. The SMILES string of the molecule is CCCCCCOC(=O)C(NC(=O)OCCC)C(C)(C)C. The predicted octanol–water partition coefficient (Wildman–Crippen LogP) is 3.66. The van der Waals surface area contributed by atoms with Crippen molar-refractivity contribution < 1.29 is 19.1 Å². The summed E-state index contributed by atoms with van der Waals surface area (Å²) in [5.41, 5.74) is -0.425. The maximum absolute atomic E-state index is 12.1. The number of nitrogens with one attached hydrogen (secondary N) is 1. The van der Waals surface area contributed by atoms with E-state index >= 15 is 0 Å². The number of carbonyl (C=O) groups excluding carboxylic acids is 2. The van der Waals surface area contributed by atoms with Gasteiger partial charge in [0.25, 0.3) is 0 Å². The van der Waals surface area contributed by atoms with Crippen molar-refractivity contribution >= 4 is 12.1 Å². The fourth-order valence-electron chi connectivity index (χ4n) is 1.77. The zero-order valence-electron chi connectivity index (χ0n) is 14.2. The topological polar surface area (TPSA) is 64.6 Å². The van der Waals surface area contributed by atoms with Gasteiger partial charge in [0.2, 0.25) is 0 Å². The molecule has 1 unspecified atom stereocenters. The van der Waals surface area contributed by atoms with Crippen LogP contribution in [0.2, 0.25) is 0 Å². The van der Waals surface area contributed by atoms with Crippen molar-refractivity contribution in [2.75, 3.05) is 13.2 Å². The molecule has 124 valence electrons. The van der Waals surface area contributed by atoms with Gasteiger partial charge in [-0.05, 0) is 18.3 Å². The lowest BCUT2D eigenvalue weighted by Crippen LogP contribution is -2.50. The number of ether oxygens (including phenoxy) is 2. The van der Waals surface area contributed by atoms with Crippen LogP contribution in [0.1, 0.15) is 66.7 Å². The van der Waals surface area contributed by atoms with Crippen LogP contribution in [0, 0.1) is 5.41 Å². The van der Waals surface area contributed by atoms with E-state index in [2.05, 4.69) is 12.2 Å². The number of unbranched alkanes of at least 4 members (excludes halogenated alkanes) is 3. The number of hydrogen-bond acceptors (Lipinski definition) is 4. The Balaban J connectivity index is 4.34. The van der Waals surface area contributed by atoms with Crippen molar-refractivity contribution in [3.05, 3.63) is 0 Å². The molecule has 0 bridgehead atoms. The summed E-state index contributed by atoms with van der Waals surface area (Å²) in [6, 6.07) is -0.701. The molecule has 0 radical (unpaired) electrons. The molecule has 1 amide bonds. The second kappa shape index (κ2) is 10.5. The first-order chi connectivity index (χ1) is 9.82. The third kappa shape index (κ3) is 9.32. The Kier molecular flexibility index (Phi) is 9.84. The molecule has 21 heavy (non-hydrogen) atoms. The van der Waals surface area contributed by atoms with Crippen LogP contribution in [0.5, 0.6) is 0 Å². The second-order valence-corrected chi connectivity index (χ2v) is 6.31. The summed E-state index contributed by atoms with van der Waals surface area (Å²) in [6.45, 7) is 10.4. The molecular formula is C16H31NO4. The molecule has 0 aliphatic heterocycles. The summed E-state index contributed by atoms with van der Waals surface area (Å²) < 4.78 is 10.2. The van der Waals surface area contributed by atoms with Gasteiger partial charge in [0, 0.05) is 0 Å². The fourth-order valence-corrected chi connectivity index (χ4v) is 1.77. The molecule has 1 atom stereocenters. The van der Waals surface area contributed by atoms with Gasteiger partial charge in [-0.2, -0.15) is 0 Å². The average Bonchev–Trinajstić information content (AvgIpc) is 2.40. The molecule has 0 spiro atoms. The number of amides is 1. The molecule has 0 aromatic carbocycles. The van der Waals surface area contributed by atoms with E-state index < -0.39 is 23.5 Å². The monoisotopic (exact) mass is 301 g/mol. The Morgan fingerprint density at radius 2 is 1.62 bits per heavy atom. The van der Waals surface area contributed by atoms with Gasteiger partial charge < -0.3 is 14.8 Å². The van der Waals surface area contributed by atoms with Crippen LogP contribution in [0.3, 0.4) is 0 Å². The molecule has 0 rings (SSSR count). The summed E-state index contributed by atoms with van der Waals surface area (Å²) >= 11 is 0. The lowest BCUT2D eigenvalue weighted by Gasteiger charge is -2.29. The van der Waals surface area contributed by atoms with E-state index in [1.807, 2.05) is 27.7 Å². The van der Waals surface area contributed by atoms with E-state index in [0.29, 0.717) is 13.2 Å². The average molecular weight is 301 g/mol. The van der Waals surface area contributed by atoms with E-state index in [9.17, 15) is 9.59 Å². The number of alkyl carbamates (subject to hydrolysis) is 1. The van der Waals surface area contributed by atoms with Crippen molar-refractivity contribution in [1.29, 1.82) is 0 Å². The lowest BCUT2D eigenvalue weighted by molar-refractivity contribution is -0.149. The number of rotatable bonds is 9. The maximum Gasteiger partial charge on any atom is 0.407 e. The minimum Gasteiger partial charge on any atom is -0.464 e. The Labute approximate surface area is 128 Å². The van der Waals surface area contributed by atoms with Gasteiger partial charge in [-0.3, -0.25) is 0 Å². The zero-order valence-corrected chi connectivity index (χ0v) is 14.2. The van der Waals surface area contributed by atoms with Crippen LogP contribution >= 0.6 is 0 Å². The third-order valence-electron chi connectivity index (χ3n) is 3.04. The molecule has 5 heteroatoms. The first-order valence-corrected chi connectivity index (χ1v) is 7.92. The Morgan fingerprint density at radius 3 is 2.14 bits per heavy atom. The third-order valence-corrected chi connectivity index (χ3v) is 3.04. The van der Waals surface area contributed by atoms with E-state index in [-0.39, 0.29) is 0 Å². The number of carbonyl (C=O) groups is 2. The summed E-state index contributed by atoms with van der Waals surface area (Å²) in [7, 11) is 0. The van der Waals surface area contributed by atoms with Crippen molar-refractivity contribution in [3.8, 4) is 0 Å². The highest BCUT2D eigenvalue weighted by molar-refractivity contribution is 5.82. The number of hydrogen-bond donors (Lipinski definition) is 1.